The minimum atomic E-state index is -1.03. The van der Waals surface area contributed by atoms with E-state index in [1.807, 2.05) is 53.7 Å². The van der Waals surface area contributed by atoms with Crippen molar-refractivity contribution in [1.82, 2.24) is 24.8 Å². The fraction of sp³-hybridized carbons (Fsp3) is 0.321. The lowest BCUT2D eigenvalue weighted by Gasteiger charge is -2.43. The lowest BCUT2D eigenvalue weighted by atomic mass is 9.99. The molecule has 0 unspecified atom stereocenters. The van der Waals surface area contributed by atoms with Crippen LogP contribution in [-0.2, 0) is 11.3 Å². The highest BCUT2D eigenvalue weighted by molar-refractivity contribution is 6.04. The van der Waals surface area contributed by atoms with Gasteiger partial charge in [0.1, 0.15) is 11.6 Å². The van der Waals surface area contributed by atoms with Crippen LogP contribution in [0.5, 0.6) is 0 Å². The number of carbonyl (C=O) groups is 2. The van der Waals surface area contributed by atoms with Crippen molar-refractivity contribution in [3.8, 4) is 11.3 Å². The van der Waals surface area contributed by atoms with E-state index in [4.69, 9.17) is 4.98 Å². The molecule has 1 fully saturated rings. The van der Waals surface area contributed by atoms with Gasteiger partial charge in [0.2, 0.25) is 0 Å². The number of para-hydroxylation sites is 1. The maximum atomic E-state index is 13.5. The normalized spacial score (nSPS) is 17.4. The Balaban J connectivity index is 1.42. The molecule has 0 aliphatic carbocycles. The Hall–Kier alpha value is -4.11. The maximum absolute atomic E-state index is 13.5. The number of fused-ring (bicyclic) bond motifs is 4. The summed E-state index contributed by atoms with van der Waals surface area (Å²) in [6.07, 6.45) is 3.87. The zero-order chi connectivity index (χ0) is 25.7. The van der Waals surface area contributed by atoms with E-state index in [0.29, 0.717) is 38.0 Å². The molecule has 0 radical (unpaired) electrons. The highest BCUT2D eigenvalue weighted by atomic mass is 16.3. The molecule has 1 N–H and O–H groups in total. The second-order valence-electron chi connectivity index (χ2n) is 9.85. The summed E-state index contributed by atoms with van der Waals surface area (Å²) >= 11 is 0. The largest absolute Gasteiger partial charge is 0.384 e. The Morgan fingerprint density at radius 2 is 1.81 bits per heavy atom. The van der Waals surface area contributed by atoms with Crippen molar-refractivity contribution in [2.45, 2.75) is 38.5 Å². The predicted octanol–water partition coefficient (Wildman–Crippen LogP) is 3.59. The number of hydrogen-bond donors (Lipinski definition) is 1. The van der Waals surface area contributed by atoms with Crippen LogP contribution in [0.15, 0.2) is 54.9 Å². The number of aliphatic hydroxyl groups is 1. The minimum Gasteiger partial charge on any atom is -0.384 e. The fourth-order valence-electron chi connectivity index (χ4n) is 5.40. The van der Waals surface area contributed by atoms with Crippen LogP contribution in [-0.4, -0.2) is 74.1 Å². The summed E-state index contributed by atoms with van der Waals surface area (Å²) in [7, 11) is 1.79. The molecule has 37 heavy (non-hydrogen) atoms. The number of rotatable bonds is 3. The number of urea groups is 1. The smallest absolute Gasteiger partial charge is 0.324 e. The third-order valence-corrected chi connectivity index (χ3v) is 7.33. The standard InChI is InChI=1S/C28H28N6O3/c1-17(35)27(36)33-11-9-21(10-12-33)34-26-20(16-32(2)28(34)37)15-30-24-8-7-23(31-25(24)26)19-13-18-5-3-4-6-22(18)29-14-19/h3-8,13-15,17,21,35H,9-12,16H2,1-2H3/t17-/m1/s1. The summed E-state index contributed by atoms with van der Waals surface area (Å²) in [4.78, 5) is 45.3. The van der Waals surface area contributed by atoms with Gasteiger partial charge in [-0.15, -0.1) is 0 Å². The van der Waals surface area contributed by atoms with E-state index in [2.05, 4.69) is 16.0 Å². The average molecular weight is 497 g/mol. The van der Waals surface area contributed by atoms with Crippen molar-refractivity contribution in [2.75, 3.05) is 25.0 Å². The van der Waals surface area contributed by atoms with Gasteiger partial charge in [-0.25, -0.2) is 9.78 Å². The number of amides is 3. The van der Waals surface area contributed by atoms with Gasteiger partial charge in [0, 0.05) is 55.1 Å². The molecule has 0 bridgehead atoms. The summed E-state index contributed by atoms with van der Waals surface area (Å²) < 4.78 is 0. The van der Waals surface area contributed by atoms with Gasteiger partial charge in [-0.05, 0) is 44.0 Å². The molecule has 1 atom stereocenters. The average Bonchev–Trinajstić information content (AvgIpc) is 2.93. The second-order valence-corrected chi connectivity index (χ2v) is 9.85. The molecule has 0 saturated carbocycles. The van der Waals surface area contributed by atoms with Gasteiger partial charge in [0.15, 0.2) is 0 Å². The van der Waals surface area contributed by atoms with Gasteiger partial charge >= 0.3 is 6.03 Å². The summed E-state index contributed by atoms with van der Waals surface area (Å²) in [5.41, 5.74) is 5.74. The first-order chi connectivity index (χ1) is 17.9. The highest BCUT2D eigenvalue weighted by Gasteiger charge is 2.38. The van der Waals surface area contributed by atoms with Gasteiger partial charge < -0.3 is 14.9 Å². The number of nitrogens with zero attached hydrogens (tertiary/aromatic N) is 6. The number of hydrogen-bond acceptors (Lipinski definition) is 6. The third kappa shape index (κ3) is 4.05. The zero-order valence-electron chi connectivity index (χ0n) is 20.8. The Morgan fingerprint density at radius 1 is 1.05 bits per heavy atom. The van der Waals surface area contributed by atoms with Crippen molar-refractivity contribution in [3.05, 3.63) is 60.4 Å². The first kappa shape index (κ1) is 23.3. The Bertz CT molecular complexity index is 1530. The number of likely N-dealkylation sites (tertiary alicyclic amines) is 1. The van der Waals surface area contributed by atoms with E-state index in [0.717, 1.165) is 38.9 Å². The molecule has 3 aromatic heterocycles. The Labute approximate surface area is 214 Å². The number of aromatic nitrogens is 3. The Morgan fingerprint density at radius 3 is 2.59 bits per heavy atom. The van der Waals surface area contributed by atoms with Crippen LogP contribution in [0, 0.1) is 0 Å². The summed E-state index contributed by atoms with van der Waals surface area (Å²) in [6.45, 7) is 2.92. The van der Waals surface area contributed by atoms with Crippen LogP contribution in [0.3, 0.4) is 0 Å². The number of anilines is 1. The van der Waals surface area contributed by atoms with Gasteiger partial charge in [-0.3, -0.25) is 19.7 Å². The molecule has 5 heterocycles. The number of carbonyl (C=O) groups excluding carboxylic acids is 2. The first-order valence-electron chi connectivity index (χ1n) is 12.6. The quantitative estimate of drug-likeness (QED) is 0.465. The summed E-state index contributed by atoms with van der Waals surface area (Å²) in [6, 6.07) is 13.7. The summed E-state index contributed by atoms with van der Waals surface area (Å²) in [5, 5.41) is 10.7. The van der Waals surface area contributed by atoms with Crippen LogP contribution < -0.4 is 4.90 Å². The molecule has 188 valence electrons. The molecular weight excluding hydrogens is 468 g/mol. The van der Waals surface area contributed by atoms with E-state index < -0.39 is 6.10 Å². The van der Waals surface area contributed by atoms with Gasteiger partial charge in [-0.1, -0.05) is 18.2 Å². The van der Waals surface area contributed by atoms with Crippen molar-refractivity contribution < 1.29 is 14.7 Å². The molecule has 6 rings (SSSR count). The molecule has 2 aliphatic heterocycles. The third-order valence-electron chi connectivity index (χ3n) is 7.33. The second kappa shape index (κ2) is 9.08. The van der Waals surface area contributed by atoms with Crippen LogP contribution in [0.1, 0.15) is 25.3 Å². The number of benzene rings is 1. The minimum absolute atomic E-state index is 0.0834. The van der Waals surface area contributed by atoms with Crippen molar-refractivity contribution in [1.29, 1.82) is 0 Å². The van der Waals surface area contributed by atoms with E-state index in [1.54, 1.807) is 16.8 Å². The van der Waals surface area contributed by atoms with E-state index in [9.17, 15) is 14.7 Å². The van der Waals surface area contributed by atoms with E-state index >= 15 is 0 Å². The van der Waals surface area contributed by atoms with Gasteiger partial charge in [-0.2, -0.15) is 0 Å². The van der Waals surface area contributed by atoms with Gasteiger partial charge in [0.05, 0.1) is 29.0 Å². The molecule has 1 aromatic carbocycles. The highest BCUT2D eigenvalue weighted by Crippen LogP contribution is 2.38. The Kier molecular flexibility index (Phi) is 5.72. The van der Waals surface area contributed by atoms with Crippen molar-refractivity contribution in [3.63, 3.8) is 0 Å². The fourth-order valence-corrected chi connectivity index (χ4v) is 5.40. The molecule has 1 saturated heterocycles. The number of piperidine rings is 1. The van der Waals surface area contributed by atoms with Crippen molar-refractivity contribution >= 4 is 39.6 Å². The molecular formula is C28H28N6O3. The zero-order valence-corrected chi connectivity index (χ0v) is 20.8. The van der Waals surface area contributed by atoms with E-state index in [-0.39, 0.29) is 18.0 Å². The predicted molar refractivity (Wildman–Crippen MR) is 141 cm³/mol. The monoisotopic (exact) mass is 496 g/mol. The van der Waals surface area contributed by atoms with Crippen LogP contribution in [0.4, 0.5) is 10.5 Å². The van der Waals surface area contributed by atoms with Crippen LogP contribution in [0.2, 0.25) is 0 Å². The molecule has 3 amide bonds. The van der Waals surface area contributed by atoms with Crippen LogP contribution >= 0.6 is 0 Å². The topological polar surface area (TPSA) is 103 Å². The molecule has 4 aromatic rings. The summed E-state index contributed by atoms with van der Waals surface area (Å²) in [5.74, 6) is -0.272. The lowest BCUT2D eigenvalue weighted by Crippen LogP contribution is -2.55. The first-order valence-corrected chi connectivity index (χ1v) is 12.6. The number of pyridine rings is 3. The molecule has 9 nitrogen and oxygen atoms in total. The maximum Gasteiger partial charge on any atom is 0.324 e. The van der Waals surface area contributed by atoms with Crippen molar-refractivity contribution in [2.24, 2.45) is 0 Å². The molecule has 0 spiro atoms. The number of aliphatic hydroxyl groups excluding tert-OH is 1. The SMILES string of the molecule is C[C@@H](O)C(=O)N1CCC(N2C(=O)N(C)Cc3cnc4ccc(-c5cnc6ccccc6c5)nc4c32)CC1. The van der Waals surface area contributed by atoms with Crippen LogP contribution in [0.25, 0.3) is 33.2 Å². The van der Waals surface area contributed by atoms with E-state index in [1.165, 1.54) is 6.92 Å². The van der Waals surface area contributed by atoms with Gasteiger partial charge in [0.25, 0.3) is 5.91 Å². The molecule has 2 aliphatic rings. The molecule has 9 heteroatoms. The lowest BCUT2D eigenvalue weighted by molar-refractivity contribution is -0.140.